The quantitative estimate of drug-likeness (QED) is 0.586. The van der Waals surface area contributed by atoms with Crippen molar-refractivity contribution < 1.29 is 24.1 Å². The van der Waals surface area contributed by atoms with Gasteiger partial charge in [0.25, 0.3) is 0 Å². The number of benzene rings is 2. The fourth-order valence-electron chi connectivity index (χ4n) is 5.22. The van der Waals surface area contributed by atoms with E-state index in [4.69, 9.17) is 14.2 Å². The standard InChI is InChI=1S/C28H37NO5/c1-20(30)28(2)19-29(27(31)18-33-17-21-9-5-4-6-10-21)16-24(28)22-13-14-25(32-3)26(15-22)34-23-11-7-8-12-23/h4-6,9-10,13-15,20,23-24,30H,7-8,11-12,16-19H2,1-3H3/t20-,24+,28+/m1/s1. The number of aliphatic hydroxyl groups excluding tert-OH is 1. The van der Waals surface area contributed by atoms with Gasteiger partial charge in [0.15, 0.2) is 11.5 Å². The van der Waals surface area contributed by atoms with Crippen LogP contribution in [0.1, 0.15) is 56.6 Å². The molecule has 1 heterocycles. The summed E-state index contributed by atoms with van der Waals surface area (Å²) < 4.78 is 17.6. The molecule has 1 amide bonds. The average Bonchev–Trinajstić information content (AvgIpc) is 3.48. The molecule has 0 bridgehead atoms. The van der Waals surface area contributed by atoms with Crippen LogP contribution in [0.3, 0.4) is 0 Å². The van der Waals surface area contributed by atoms with Gasteiger partial charge < -0.3 is 24.2 Å². The lowest BCUT2D eigenvalue weighted by molar-refractivity contribution is -0.136. The maximum absolute atomic E-state index is 13.0. The number of hydrogen-bond acceptors (Lipinski definition) is 5. The summed E-state index contributed by atoms with van der Waals surface area (Å²) in [5.74, 6) is 1.38. The number of aliphatic hydroxyl groups is 1. The van der Waals surface area contributed by atoms with Gasteiger partial charge in [-0.05, 0) is 55.9 Å². The number of carbonyl (C=O) groups excluding carboxylic acids is 1. The van der Waals surface area contributed by atoms with E-state index in [-0.39, 0.29) is 24.5 Å². The number of rotatable bonds is 9. The molecule has 0 radical (unpaired) electrons. The Labute approximate surface area is 202 Å². The minimum Gasteiger partial charge on any atom is -0.493 e. The van der Waals surface area contributed by atoms with E-state index in [0.717, 1.165) is 35.5 Å². The molecule has 1 saturated heterocycles. The second-order valence-corrected chi connectivity index (χ2v) is 9.92. The third-order valence-corrected chi connectivity index (χ3v) is 7.56. The molecule has 1 aliphatic heterocycles. The second kappa shape index (κ2) is 10.8. The zero-order valence-electron chi connectivity index (χ0n) is 20.5. The van der Waals surface area contributed by atoms with E-state index in [0.29, 0.717) is 19.7 Å². The summed E-state index contributed by atoms with van der Waals surface area (Å²) in [7, 11) is 1.65. The van der Waals surface area contributed by atoms with Crippen molar-refractivity contribution in [1.82, 2.24) is 4.90 Å². The molecule has 0 unspecified atom stereocenters. The smallest absolute Gasteiger partial charge is 0.248 e. The third-order valence-electron chi connectivity index (χ3n) is 7.56. The van der Waals surface area contributed by atoms with Gasteiger partial charge in [-0.15, -0.1) is 0 Å². The van der Waals surface area contributed by atoms with Crippen LogP contribution in [0.15, 0.2) is 48.5 Å². The molecular formula is C28H37NO5. The molecule has 1 saturated carbocycles. The highest BCUT2D eigenvalue weighted by atomic mass is 16.5. The van der Waals surface area contributed by atoms with Gasteiger partial charge in [0.2, 0.25) is 5.91 Å². The Morgan fingerprint density at radius 3 is 2.56 bits per heavy atom. The second-order valence-electron chi connectivity index (χ2n) is 9.92. The fraction of sp³-hybridized carbons (Fsp3) is 0.536. The van der Waals surface area contributed by atoms with E-state index in [2.05, 4.69) is 6.92 Å². The zero-order chi connectivity index (χ0) is 24.1. The van der Waals surface area contributed by atoms with Crippen LogP contribution in [0.2, 0.25) is 0 Å². The molecule has 4 rings (SSSR count). The molecule has 0 aromatic heterocycles. The molecule has 2 aromatic carbocycles. The Morgan fingerprint density at radius 2 is 1.88 bits per heavy atom. The van der Waals surface area contributed by atoms with Crippen molar-refractivity contribution in [3.05, 3.63) is 59.7 Å². The largest absolute Gasteiger partial charge is 0.493 e. The predicted octanol–water partition coefficient (Wildman–Crippen LogP) is 4.55. The number of nitrogens with zero attached hydrogens (tertiary/aromatic N) is 1. The fourth-order valence-corrected chi connectivity index (χ4v) is 5.22. The van der Waals surface area contributed by atoms with Crippen LogP contribution in [0.4, 0.5) is 0 Å². The van der Waals surface area contributed by atoms with Gasteiger partial charge in [-0.1, -0.05) is 43.3 Å². The van der Waals surface area contributed by atoms with E-state index < -0.39 is 11.5 Å². The Balaban J connectivity index is 1.48. The van der Waals surface area contributed by atoms with Crippen molar-refractivity contribution in [2.75, 3.05) is 26.8 Å². The predicted molar refractivity (Wildman–Crippen MR) is 131 cm³/mol. The first-order valence-electron chi connectivity index (χ1n) is 12.3. The molecule has 2 aromatic rings. The molecule has 0 spiro atoms. The summed E-state index contributed by atoms with van der Waals surface area (Å²) >= 11 is 0. The molecule has 6 heteroatoms. The highest BCUT2D eigenvalue weighted by Crippen LogP contribution is 2.47. The SMILES string of the molecule is COc1ccc([C@@H]2CN(C(=O)COCc3ccccc3)C[C@@]2(C)[C@@H](C)O)cc1OC1CCCC1. The molecule has 1 aliphatic carbocycles. The van der Waals surface area contributed by atoms with Crippen LogP contribution >= 0.6 is 0 Å². The molecule has 6 nitrogen and oxygen atoms in total. The van der Waals surface area contributed by atoms with Crippen LogP contribution in [-0.4, -0.2) is 54.9 Å². The number of likely N-dealkylation sites (tertiary alicyclic amines) is 1. The first kappa shape index (κ1) is 24.6. The average molecular weight is 468 g/mol. The monoisotopic (exact) mass is 467 g/mol. The number of ether oxygens (including phenoxy) is 3. The zero-order valence-corrected chi connectivity index (χ0v) is 20.5. The number of methoxy groups -OCH3 is 1. The minimum absolute atomic E-state index is 0.0240. The van der Waals surface area contributed by atoms with Gasteiger partial charge >= 0.3 is 0 Å². The number of amides is 1. The van der Waals surface area contributed by atoms with Crippen molar-refractivity contribution >= 4 is 5.91 Å². The van der Waals surface area contributed by atoms with Crippen LogP contribution in [-0.2, 0) is 16.1 Å². The van der Waals surface area contributed by atoms with E-state index in [9.17, 15) is 9.90 Å². The summed E-state index contributed by atoms with van der Waals surface area (Å²) in [4.78, 5) is 14.8. The normalized spacial score (nSPS) is 23.8. The Bertz CT molecular complexity index is 957. The molecule has 3 atom stereocenters. The van der Waals surface area contributed by atoms with E-state index in [1.165, 1.54) is 12.8 Å². The third kappa shape index (κ3) is 5.39. The maximum atomic E-state index is 13.0. The van der Waals surface area contributed by atoms with Gasteiger partial charge in [-0.25, -0.2) is 0 Å². The van der Waals surface area contributed by atoms with Crippen molar-refractivity contribution in [3.63, 3.8) is 0 Å². The van der Waals surface area contributed by atoms with Crippen LogP contribution < -0.4 is 9.47 Å². The Kier molecular flexibility index (Phi) is 7.79. The number of carbonyl (C=O) groups is 1. The summed E-state index contributed by atoms with van der Waals surface area (Å²) in [6.45, 7) is 5.31. The lowest BCUT2D eigenvalue weighted by Crippen LogP contribution is -2.38. The first-order valence-corrected chi connectivity index (χ1v) is 12.3. The minimum atomic E-state index is -0.582. The summed E-state index contributed by atoms with van der Waals surface area (Å²) in [5.41, 5.74) is 1.61. The summed E-state index contributed by atoms with van der Waals surface area (Å²) in [5, 5.41) is 10.7. The van der Waals surface area contributed by atoms with Crippen molar-refractivity contribution in [2.24, 2.45) is 5.41 Å². The van der Waals surface area contributed by atoms with Gasteiger partial charge in [-0.2, -0.15) is 0 Å². The van der Waals surface area contributed by atoms with E-state index in [1.807, 2.05) is 60.4 Å². The molecule has 1 N–H and O–H groups in total. The maximum Gasteiger partial charge on any atom is 0.248 e. The summed E-state index contributed by atoms with van der Waals surface area (Å²) in [6, 6.07) is 15.9. The van der Waals surface area contributed by atoms with Gasteiger partial charge in [-0.3, -0.25) is 4.79 Å². The number of hydrogen-bond donors (Lipinski definition) is 1. The topological polar surface area (TPSA) is 68.2 Å². The highest BCUT2D eigenvalue weighted by molar-refractivity contribution is 5.78. The van der Waals surface area contributed by atoms with E-state index >= 15 is 0 Å². The molecule has 2 fully saturated rings. The Morgan fingerprint density at radius 1 is 1.15 bits per heavy atom. The van der Waals surface area contributed by atoms with Crippen molar-refractivity contribution in [3.8, 4) is 11.5 Å². The van der Waals surface area contributed by atoms with Gasteiger partial charge in [0.1, 0.15) is 6.61 Å². The lowest BCUT2D eigenvalue weighted by Gasteiger charge is -2.34. The van der Waals surface area contributed by atoms with E-state index in [1.54, 1.807) is 7.11 Å². The first-order chi connectivity index (χ1) is 16.4. The lowest BCUT2D eigenvalue weighted by atomic mass is 9.72. The van der Waals surface area contributed by atoms with Gasteiger partial charge in [0.05, 0.1) is 25.9 Å². The molecule has 184 valence electrons. The van der Waals surface area contributed by atoms with Crippen LogP contribution in [0.5, 0.6) is 11.5 Å². The van der Waals surface area contributed by atoms with Gasteiger partial charge in [0, 0.05) is 24.4 Å². The molecule has 2 aliphatic rings. The summed E-state index contributed by atoms with van der Waals surface area (Å²) in [6.07, 6.45) is 4.15. The highest BCUT2D eigenvalue weighted by Gasteiger charge is 2.48. The van der Waals surface area contributed by atoms with Crippen LogP contribution in [0, 0.1) is 5.41 Å². The Hall–Kier alpha value is -2.57. The molecular weight excluding hydrogens is 430 g/mol. The van der Waals surface area contributed by atoms with Crippen molar-refractivity contribution in [2.45, 2.75) is 64.3 Å². The van der Waals surface area contributed by atoms with Crippen LogP contribution in [0.25, 0.3) is 0 Å². The van der Waals surface area contributed by atoms with Crippen molar-refractivity contribution in [1.29, 1.82) is 0 Å². The molecule has 34 heavy (non-hydrogen) atoms.